The second-order valence-corrected chi connectivity index (χ2v) is 6.53. The number of piperazine rings is 1. The maximum atomic E-state index is 12.3. The Morgan fingerprint density at radius 1 is 1.40 bits per heavy atom. The lowest BCUT2D eigenvalue weighted by atomic mass is 10.2. The third kappa shape index (κ3) is 4.16. The topological polar surface area (TPSA) is 72.3 Å². The standard InChI is InChI=1S/C18H27N5O2/c1-14(13-25-2)23-16(21-15-5-4-8-20-18(15)23)6-3-7-17(24)22-11-9-19-10-12-22/h4-5,8,14,19H,3,6-7,9-13H2,1-2H3. The van der Waals surface area contributed by atoms with E-state index in [2.05, 4.69) is 21.8 Å². The molecule has 3 heterocycles. The Balaban J connectivity index is 1.68. The molecule has 1 atom stereocenters. The van der Waals surface area contributed by atoms with Crippen molar-refractivity contribution in [3.63, 3.8) is 0 Å². The molecular weight excluding hydrogens is 318 g/mol. The Morgan fingerprint density at radius 2 is 2.20 bits per heavy atom. The molecule has 2 aromatic rings. The summed E-state index contributed by atoms with van der Waals surface area (Å²) in [7, 11) is 1.70. The van der Waals surface area contributed by atoms with Crippen LogP contribution >= 0.6 is 0 Å². The predicted molar refractivity (Wildman–Crippen MR) is 96.5 cm³/mol. The second-order valence-electron chi connectivity index (χ2n) is 6.53. The normalized spacial score (nSPS) is 16.3. The minimum Gasteiger partial charge on any atom is -0.383 e. The molecule has 7 heteroatoms. The van der Waals surface area contributed by atoms with Gasteiger partial charge in [-0.2, -0.15) is 0 Å². The number of nitrogens with one attached hydrogen (secondary N) is 1. The fourth-order valence-electron chi connectivity index (χ4n) is 3.40. The van der Waals surface area contributed by atoms with Crippen molar-refractivity contribution in [2.24, 2.45) is 0 Å². The lowest BCUT2D eigenvalue weighted by Gasteiger charge is -2.27. The minimum absolute atomic E-state index is 0.156. The zero-order chi connectivity index (χ0) is 17.6. The van der Waals surface area contributed by atoms with Crippen molar-refractivity contribution in [2.45, 2.75) is 32.2 Å². The number of carbonyl (C=O) groups excluding carboxylic acids is 1. The Labute approximate surface area is 148 Å². The summed E-state index contributed by atoms with van der Waals surface area (Å²) in [4.78, 5) is 23.5. The smallest absolute Gasteiger partial charge is 0.222 e. The van der Waals surface area contributed by atoms with E-state index in [9.17, 15) is 4.79 Å². The average molecular weight is 345 g/mol. The van der Waals surface area contributed by atoms with E-state index in [4.69, 9.17) is 9.72 Å². The predicted octanol–water partition coefficient (Wildman–Crippen LogP) is 1.39. The van der Waals surface area contributed by atoms with Crippen LogP contribution in [-0.4, -0.2) is 65.2 Å². The van der Waals surface area contributed by atoms with Gasteiger partial charge in [0.05, 0.1) is 12.6 Å². The minimum atomic E-state index is 0.156. The van der Waals surface area contributed by atoms with Crippen LogP contribution in [0.2, 0.25) is 0 Å². The largest absolute Gasteiger partial charge is 0.383 e. The quantitative estimate of drug-likeness (QED) is 0.821. The van der Waals surface area contributed by atoms with E-state index in [-0.39, 0.29) is 11.9 Å². The Bertz CT molecular complexity index is 709. The molecule has 2 aromatic heterocycles. The number of hydrogen-bond donors (Lipinski definition) is 1. The van der Waals surface area contributed by atoms with Crippen LogP contribution < -0.4 is 5.32 Å². The molecule has 0 radical (unpaired) electrons. The molecule has 7 nitrogen and oxygen atoms in total. The molecule has 3 rings (SSSR count). The number of aryl methyl sites for hydroxylation is 1. The highest BCUT2D eigenvalue weighted by Crippen LogP contribution is 2.21. The summed E-state index contributed by atoms with van der Waals surface area (Å²) in [5.74, 6) is 1.22. The van der Waals surface area contributed by atoms with Crippen molar-refractivity contribution < 1.29 is 9.53 Å². The molecule has 0 spiro atoms. The summed E-state index contributed by atoms with van der Waals surface area (Å²) in [6.07, 6.45) is 3.92. The maximum Gasteiger partial charge on any atom is 0.222 e. The molecule has 0 bridgehead atoms. The van der Waals surface area contributed by atoms with Crippen molar-refractivity contribution in [2.75, 3.05) is 39.9 Å². The van der Waals surface area contributed by atoms with Crippen LogP contribution in [0, 0.1) is 0 Å². The lowest BCUT2D eigenvalue weighted by molar-refractivity contribution is -0.131. The summed E-state index contributed by atoms with van der Waals surface area (Å²) in [6.45, 7) is 6.12. The van der Waals surface area contributed by atoms with Gasteiger partial charge in [-0.15, -0.1) is 0 Å². The molecule has 1 fully saturated rings. The number of nitrogens with zero attached hydrogens (tertiary/aromatic N) is 4. The number of hydrogen-bond acceptors (Lipinski definition) is 5. The number of ether oxygens (including phenoxy) is 1. The third-order valence-electron chi connectivity index (χ3n) is 4.63. The zero-order valence-electron chi connectivity index (χ0n) is 15.1. The van der Waals surface area contributed by atoms with Crippen molar-refractivity contribution in [1.29, 1.82) is 0 Å². The number of imidazole rings is 1. The first-order valence-electron chi connectivity index (χ1n) is 9.00. The summed E-state index contributed by atoms with van der Waals surface area (Å²) in [6, 6.07) is 4.04. The van der Waals surface area contributed by atoms with Crippen LogP contribution in [0.3, 0.4) is 0 Å². The molecule has 136 valence electrons. The van der Waals surface area contributed by atoms with E-state index in [1.807, 2.05) is 17.0 Å². The van der Waals surface area contributed by atoms with E-state index in [1.165, 1.54) is 0 Å². The highest BCUT2D eigenvalue weighted by molar-refractivity contribution is 5.76. The van der Waals surface area contributed by atoms with E-state index in [1.54, 1.807) is 13.3 Å². The Hall–Kier alpha value is -1.99. The van der Waals surface area contributed by atoms with Crippen LogP contribution in [0.5, 0.6) is 0 Å². The molecule has 0 aliphatic carbocycles. The van der Waals surface area contributed by atoms with Gasteiger partial charge in [-0.25, -0.2) is 9.97 Å². The molecule has 1 aliphatic heterocycles. The number of rotatable bonds is 7. The van der Waals surface area contributed by atoms with E-state index in [0.717, 1.165) is 56.0 Å². The van der Waals surface area contributed by atoms with Crippen LogP contribution in [0.25, 0.3) is 11.2 Å². The van der Waals surface area contributed by atoms with Crippen LogP contribution in [0.4, 0.5) is 0 Å². The van der Waals surface area contributed by atoms with Crippen molar-refractivity contribution in [1.82, 2.24) is 24.8 Å². The number of pyridine rings is 1. The van der Waals surface area contributed by atoms with Gasteiger partial charge in [-0.3, -0.25) is 4.79 Å². The number of methoxy groups -OCH3 is 1. The number of aromatic nitrogens is 3. The van der Waals surface area contributed by atoms with Gasteiger partial charge in [0.2, 0.25) is 5.91 Å². The first kappa shape index (κ1) is 17.8. The van der Waals surface area contributed by atoms with Gasteiger partial charge in [0, 0.05) is 52.3 Å². The summed E-state index contributed by atoms with van der Waals surface area (Å²) in [5.41, 5.74) is 1.78. The van der Waals surface area contributed by atoms with Gasteiger partial charge in [0.25, 0.3) is 0 Å². The van der Waals surface area contributed by atoms with Gasteiger partial charge in [-0.05, 0) is 25.5 Å². The molecule has 1 amide bonds. The molecule has 25 heavy (non-hydrogen) atoms. The number of carbonyl (C=O) groups is 1. The van der Waals surface area contributed by atoms with Gasteiger partial charge < -0.3 is 19.5 Å². The maximum absolute atomic E-state index is 12.3. The summed E-state index contributed by atoms with van der Waals surface area (Å²) in [5, 5.41) is 3.27. The molecule has 1 saturated heterocycles. The van der Waals surface area contributed by atoms with Crippen molar-refractivity contribution in [3.8, 4) is 0 Å². The molecule has 1 N–H and O–H groups in total. The highest BCUT2D eigenvalue weighted by Gasteiger charge is 2.19. The molecule has 1 aliphatic rings. The van der Waals surface area contributed by atoms with Gasteiger partial charge in [0.1, 0.15) is 11.3 Å². The number of fused-ring (bicyclic) bond motifs is 1. The average Bonchev–Trinajstić information content (AvgIpc) is 3.01. The summed E-state index contributed by atoms with van der Waals surface area (Å²) >= 11 is 0. The fourth-order valence-corrected chi connectivity index (χ4v) is 3.40. The van der Waals surface area contributed by atoms with Gasteiger partial charge >= 0.3 is 0 Å². The SMILES string of the molecule is COCC(C)n1c(CCCC(=O)N2CCNCC2)nc2cccnc21. The van der Waals surface area contributed by atoms with E-state index in [0.29, 0.717) is 13.0 Å². The number of amides is 1. The molecule has 0 saturated carbocycles. The van der Waals surface area contributed by atoms with Crippen LogP contribution in [0.15, 0.2) is 18.3 Å². The highest BCUT2D eigenvalue weighted by atomic mass is 16.5. The summed E-state index contributed by atoms with van der Waals surface area (Å²) < 4.78 is 7.46. The fraction of sp³-hybridized carbons (Fsp3) is 0.611. The third-order valence-corrected chi connectivity index (χ3v) is 4.63. The van der Waals surface area contributed by atoms with Crippen LogP contribution in [0.1, 0.15) is 31.6 Å². The monoisotopic (exact) mass is 345 g/mol. The lowest BCUT2D eigenvalue weighted by Crippen LogP contribution is -2.46. The molecule has 1 unspecified atom stereocenters. The van der Waals surface area contributed by atoms with E-state index >= 15 is 0 Å². The van der Waals surface area contributed by atoms with Crippen molar-refractivity contribution in [3.05, 3.63) is 24.2 Å². The second kappa shape index (κ2) is 8.40. The Kier molecular flexibility index (Phi) is 5.99. The van der Waals surface area contributed by atoms with Gasteiger partial charge in [-0.1, -0.05) is 0 Å². The first-order valence-corrected chi connectivity index (χ1v) is 9.00. The van der Waals surface area contributed by atoms with Gasteiger partial charge in [0.15, 0.2) is 5.65 Å². The van der Waals surface area contributed by atoms with Crippen molar-refractivity contribution >= 4 is 17.1 Å². The van der Waals surface area contributed by atoms with E-state index < -0.39 is 0 Å². The Morgan fingerprint density at radius 3 is 2.96 bits per heavy atom. The molecular formula is C18H27N5O2. The first-order chi connectivity index (χ1) is 12.2. The molecule has 0 aromatic carbocycles. The van der Waals surface area contributed by atoms with Crippen LogP contribution in [-0.2, 0) is 16.0 Å². The zero-order valence-corrected chi connectivity index (χ0v) is 15.1.